The lowest BCUT2D eigenvalue weighted by molar-refractivity contribution is 0.318. The van der Waals surface area contributed by atoms with E-state index in [1.54, 1.807) is 0 Å². The van der Waals surface area contributed by atoms with Crippen molar-refractivity contribution in [3.05, 3.63) is 27.8 Å². The van der Waals surface area contributed by atoms with Crippen molar-refractivity contribution in [2.24, 2.45) is 0 Å². The van der Waals surface area contributed by atoms with Crippen LogP contribution in [-0.2, 0) is 0 Å². The van der Waals surface area contributed by atoms with Gasteiger partial charge in [-0.1, -0.05) is 6.07 Å². The van der Waals surface area contributed by atoms with E-state index in [9.17, 15) is 0 Å². The number of rotatable bonds is 4. The van der Waals surface area contributed by atoms with Crippen molar-refractivity contribution in [2.45, 2.75) is 6.42 Å². The van der Waals surface area contributed by atoms with Crippen LogP contribution in [0, 0.1) is 3.57 Å². The molecule has 0 aromatic heterocycles. The van der Waals surface area contributed by atoms with Crippen LogP contribution in [0.1, 0.15) is 6.42 Å². The predicted octanol–water partition coefficient (Wildman–Crippen LogP) is 2.99. The molecule has 0 saturated heterocycles. The monoisotopic (exact) mass is 294 g/mol. The molecule has 1 rings (SSSR count). The van der Waals surface area contributed by atoms with Crippen molar-refractivity contribution < 1.29 is 4.74 Å². The molecule has 0 bridgehead atoms. The maximum atomic E-state index is 5.47. The van der Waals surface area contributed by atoms with Gasteiger partial charge < -0.3 is 4.74 Å². The van der Waals surface area contributed by atoms with E-state index in [-0.39, 0.29) is 0 Å². The van der Waals surface area contributed by atoms with E-state index >= 15 is 0 Å². The first-order valence-corrected chi connectivity index (χ1v) is 5.53. The second-order valence-electron chi connectivity index (χ2n) is 2.38. The molecule has 1 aromatic rings. The van der Waals surface area contributed by atoms with Gasteiger partial charge in [0.1, 0.15) is 5.75 Å². The Morgan fingerprint density at radius 1 is 1.42 bits per heavy atom. The zero-order valence-corrected chi connectivity index (χ0v) is 9.72. The van der Waals surface area contributed by atoms with E-state index in [0.717, 1.165) is 24.5 Å². The van der Waals surface area contributed by atoms with Gasteiger partial charge in [-0.3, -0.25) is 0 Å². The molecule has 0 heterocycles. The third-order valence-corrected chi connectivity index (χ3v) is 2.35. The van der Waals surface area contributed by atoms with E-state index in [1.165, 1.54) is 3.57 Å². The van der Waals surface area contributed by atoms with Crippen LogP contribution in [0.4, 0.5) is 0 Å². The van der Waals surface area contributed by atoms with Gasteiger partial charge in [-0.2, -0.15) is 12.6 Å². The van der Waals surface area contributed by atoms with Crippen LogP contribution < -0.4 is 4.74 Å². The summed E-state index contributed by atoms with van der Waals surface area (Å²) in [7, 11) is 0. The highest BCUT2D eigenvalue weighted by molar-refractivity contribution is 14.1. The van der Waals surface area contributed by atoms with Gasteiger partial charge in [-0.25, -0.2) is 0 Å². The highest BCUT2D eigenvalue weighted by atomic mass is 127. The van der Waals surface area contributed by atoms with E-state index in [0.29, 0.717) is 0 Å². The van der Waals surface area contributed by atoms with E-state index in [2.05, 4.69) is 35.2 Å². The van der Waals surface area contributed by atoms with Crippen molar-refractivity contribution in [3.63, 3.8) is 0 Å². The summed E-state index contributed by atoms with van der Waals surface area (Å²) >= 11 is 6.38. The van der Waals surface area contributed by atoms with Crippen LogP contribution in [0.25, 0.3) is 0 Å². The average molecular weight is 294 g/mol. The first-order valence-electron chi connectivity index (χ1n) is 3.82. The van der Waals surface area contributed by atoms with Crippen molar-refractivity contribution in [2.75, 3.05) is 12.4 Å². The van der Waals surface area contributed by atoms with Gasteiger partial charge >= 0.3 is 0 Å². The Balaban J connectivity index is 2.41. The maximum absolute atomic E-state index is 5.47. The fourth-order valence-corrected chi connectivity index (χ4v) is 1.45. The zero-order valence-electron chi connectivity index (χ0n) is 6.66. The Morgan fingerprint density at radius 3 is 2.92 bits per heavy atom. The van der Waals surface area contributed by atoms with Gasteiger partial charge in [-0.05, 0) is 53.0 Å². The molecule has 0 amide bonds. The number of halogens is 1. The van der Waals surface area contributed by atoms with Crippen molar-refractivity contribution in [1.82, 2.24) is 0 Å². The standard InChI is InChI=1S/C9H11IOS/c10-8-3-1-4-9(7-8)11-5-2-6-12/h1,3-4,7,12H,2,5-6H2. The quantitative estimate of drug-likeness (QED) is 0.510. The third-order valence-electron chi connectivity index (χ3n) is 1.37. The molecule has 0 unspecified atom stereocenters. The lowest BCUT2D eigenvalue weighted by Crippen LogP contribution is -1.97. The van der Waals surface area contributed by atoms with Gasteiger partial charge in [0.25, 0.3) is 0 Å². The summed E-state index contributed by atoms with van der Waals surface area (Å²) in [6.07, 6.45) is 0.995. The molecule has 0 radical (unpaired) electrons. The second kappa shape index (κ2) is 5.70. The van der Waals surface area contributed by atoms with Gasteiger partial charge in [0.15, 0.2) is 0 Å². The molecule has 0 N–H and O–H groups in total. The topological polar surface area (TPSA) is 9.23 Å². The first-order chi connectivity index (χ1) is 5.83. The Bertz CT molecular complexity index is 240. The third kappa shape index (κ3) is 3.67. The fourth-order valence-electron chi connectivity index (χ4n) is 0.811. The van der Waals surface area contributed by atoms with E-state index in [1.807, 2.05) is 24.3 Å². The lowest BCUT2D eigenvalue weighted by atomic mass is 10.3. The molecule has 1 aromatic carbocycles. The summed E-state index contributed by atoms with van der Waals surface area (Å²) in [5.74, 6) is 1.83. The molecule has 12 heavy (non-hydrogen) atoms. The van der Waals surface area contributed by atoms with Gasteiger partial charge in [-0.15, -0.1) is 0 Å². The molecule has 0 aliphatic rings. The molecule has 0 aliphatic heterocycles. The minimum Gasteiger partial charge on any atom is -0.494 e. The summed E-state index contributed by atoms with van der Waals surface area (Å²) in [6, 6.07) is 8.05. The van der Waals surface area contributed by atoms with Crippen LogP contribution in [0.2, 0.25) is 0 Å². The van der Waals surface area contributed by atoms with Crippen LogP contribution in [-0.4, -0.2) is 12.4 Å². The lowest BCUT2D eigenvalue weighted by Gasteiger charge is -2.04. The minimum atomic E-state index is 0.754. The number of hydrogen-bond donors (Lipinski definition) is 1. The van der Waals surface area contributed by atoms with E-state index < -0.39 is 0 Å². The van der Waals surface area contributed by atoms with Crippen molar-refractivity contribution in [1.29, 1.82) is 0 Å². The molecular formula is C9H11IOS. The zero-order chi connectivity index (χ0) is 8.81. The Kier molecular flexibility index (Phi) is 4.83. The molecule has 0 atom stereocenters. The summed E-state index contributed by atoms with van der Waals surface area (Å²) < 4.78 is 6.68. The minimum absolute atomic E-state index is 0.754. The second-order valence-corrected chi connectivity index (χ2v) is 4.08. The molecular weight excluding hydrogens is 283 g/mol. The maximum Gasteiger partial charge on any atom is 0.120 e. The van der Waals surface area contributed by atoms with Gasteiger partial charge in [0.2, 0.25) is 0 Å². The number of thiol groups is 1. The summed E-state index contributed by atoms with van der Waals surface area (Å²) in [5.41, 5.74) is 0. The summed E-state index contributed by atoms with van der Waals surface area (Å²) in [5, 5.41) is 0. The molecule has 0 fully saturated rings. The van der Waals surface area contributed by atoms with Crippen LogP contribution in [0.15, 0.2) is 24.3 Å². The van der Waals surface area contributed by atoms with Gasteiger partial charge in [0, 0.05) is 3.57 Å². The smallest absolute Gasteiger partial charge is 0.120 e. The summed E-state index contributed by atoms with van der Waals surface area (Å²) in [6.45, 7) is 0.754. The fraction of sp³-hybridized carbons (Fsp3) is 0.333. The Morgan fingerprint density at radius 2 is 2.25 bits per heavy atom. The van der Waals surface area contributed by atoms with Crippen LogP contribution >= 0.6 is 35.2 Å². The number of ether oxygens (including phenoxy) is 1. The molecule has 3 heteroatoms. The Hall–Kier alpha value is 0.100. The number of benzene rings is 1. The van der Waals surface area contributed by atoms with Crippen LogP contribution in [0.3, 0.4) is 0 Å². The molecule has 66 valence electrons. The average Bonchev–Trinajstić information content (AvgIpc) is 2.05. The SMILES string of the molecule is SCCCOc1cccc(I)c1. The first kappa shape index (κ1) is 10.2. The predicted molar refractivity (Wildman–Crippen MR) is 63.1 cm³/mol. The largest absolute Gasteiger partial charge is 0.494 e. The highest BCUT2D eigenvalue weighted by Crippen LogP contribution is 2.14. The van der Waals surface area contributed by atoms with Gasteiger partial charge in [0.05, 0.1) is 6.61 Å². The molecule has 0 saturated carbocycles. The Labute approximate surface area is 92.1 Å². The molecule has 1 nitrogen and oxygen atoms in total. The molecule has 0 spiro atoms. The van der Waals surface area contributed by atoms with E-state index in [4.69, 9.17) is 4.74 Å². The van der Waals surface area contributed by atoms with Crippen molar-refractivity contribution in [3.8, 4) is 5.75 Å². The highest BCUT2D eigenvalue weighted by Gasteiger charge is 1.92. The molecule has 0 aliphatic carbocycles. The van der Waals surface area contributed by atoms with Crippen molar-refractivity contribution >= 4 is 35.2 Å². The summed E-state index contributed by atoms with van der Waals surface area (Å²) in [4.78, 5) is 0. The number of hydrogen-bond acceptors (Lipinski definition) is 2. The normalized spacial score (nSPS) is 9.83. The van der Waals surface area contributed by atoms with Crippen LogP contribution in [0.5, 0.6) is 5.75 Å².